The number of hydrogen-bond acceptors (Lipinski definition) is 3. The highest BCUT2D eigenvalue weighted by molar-refractivity contribution is 5.76. The zero-order chi connectivity index (χ0) is 13.1. The van der Waals surface area contributed by atoms with Crippen LogP contribution in [0.5, 0.6) is 0 Å². The van der Waals surface area contributed by atoms with Gasteiger partial charge >= 0.3 is 0 Å². The smallest absolute Gasteiger partial charge is 0.223 e. The van der Waals surface area contributed by atoms with Gasteiger partial charge in [-0.1, -0.05) is 19.1 Å². The van der Waals surface area contributed by atoms with Crippen molar-refractivity contribution in [3.63, 3.8) is 0 Å². The van der Waals surface area contributed by atoms with Gasteiger partial charge in [0.2, 0.25) is 5.91 Å². The van der Waals surface area contributed by atoms with Crippen molar-refractivity contribution in [2.75, 3.05) is 0 Å². The van der Waals surface area contributed by atoms with Crippen molar-refractivity contribution in [1.82, 2.24) is 15.0 Å². The number of amides is 1. The van der Waals surface area contributed by atoms with Gasteiger partial charge < -0.3 is 5.73 Å². The van der Waals surface area contributed by atoms with E-state index in [2.05, 4.69) is 24.2 Å². The fourth-order valence-electron chi connectivity index (χ4n) is 2.05. The molecule has 1 fully saturated rings. The Balaban J connectivity index is 2.10. The zero-order valence-corrected chi connectivity index (χ0v) is 11.2. The number of carbonyl (C=O) groups excluding carboxylic acids is 1. The van der Waals surface area contributed by atoms with Gasteiger partial charge in [-0.05, 0) is 37.5 Å². The van der Waals surface area contributed by atoms with Crippen molar-refractivity contribution in [3.05, 3.63) is 11.4 Å². The van der Waals surface area contributed by atoms with Crippen LogP contribution in [0.25, 0.3) is 0 Å². The largest absolute Gasteiger partial charge is 0.369 e. The van der Waals surface area contributed by atoms with Gasteiger partial charge in [-0.15, -0.1) is 5.10 Å². The molecule has 18 heavy (non-hydrogen) atoms. The van der Waals surface area contributed by atoms with Gasteiger partial charge in [0.15, 0.2) is 0 Å². The number of carbonyl (C=O) groups is 1. The Hall–Kier alpha value is -1.39. The average Bonchev–Trinajstić information content (AvgIpc) is 3.01. The van der Waals surface area contributed by atoms with Crippen molar-refractivity contribution in [2.24, 2.45) is 17.6 Å². The van der Waals surface area contributed by atoms with Gasteiger partial charge in [0.25, 0.3) is 0 Å². The Morgan fingerprint density at radius 3 is 2.78 bits per heavy atom. The molecule has 0 atom stereocenters. The van der Waals surface area contributed by atoms with Crippen molar-refractivity contribution in [3.8, 4) is 0 Å². The summed E-state index contributed by atoms with van der Waals surface area (Å²) in [5.74, 6) is 1.07. The number of aryl methyl sites for hydroxylation is 1. The minimum Gasteiger partial charge on any atom is -0.369 e. The van der Waals surface area contributed by atoms with E-state index in [1.54, 1.807) is 0 Å². The number of primary amides is 1. The normalized spacial score (nSPS) is 15.3. The second kappa shape index (κ2) is 5.50. The first-order chi connectivity index (χ1) is 8.56. The molecule has 5 nitrogen and oxygen atoms in total. The Morgan fingerprint density at radius 2 is 2.22 bits per heavy atom. The van der Waals surface area contributed by atoms with Crippen molar-refractivity contribution in [1.29, 1.82) is 0 Å². The lowest BCUT2D eigenvalue weighted by atomic mass is 10.1. The van der Waals surface area contributed by atoms with E-state index in [-0.39, 0.29) is 12.3 Å². The van der Waals surface area contributed by atoms with Gasteiger partial charge in [-0.2, -0.15) is 0 Å². The predicted molar refractivity (Wildman–Crippen MR) is 68.8 cm³/mol. The maximum absolute atomic E-state index is 11.0. The number of rotatable bonds is 7. The molecule has 1 amide bonds. The highest BCUT2D eigenvalue weighted by Crippen LogP contribution is 2.33. The minimum atomic E-state index is -0.331. The number of nitrogens with zero attached hydrogens (tertiary/aromatic N) is 3. The third-order valence-corrected chi connectivity index (χ3v) is 3.36. The quantitative estimate of drug-likeness (QED) is 0.792. The molecule has 1 aromatic heterocycles. The SMILES string of the molecule is CC(C)CCn1nnc(CC(N)=O)c1CC1CC1. The van der Waals surface area contributed by atoms with Crippen LogP contribution < -0.4 is 5.73 Å². The molecule has 1 aliphatic carbocycles. The predicted octanol–water partition coefficient (Wildman–Crippen LogP) is 1.30. The molecule has 1 heterocycles. The van der Waals surface area contributed by atoms with E-state index in [0.717, 1.165) is 36.7 Å². The van der Waals surface area contributed by atoms with E-state index in [1.807, 2.05) is 4.68 Å². The van der Waals surface area contributed by atoms with Crippen molar-refractivity contribution < 1.29 is 4.79 Å². The summed E-state index contributed by atoms with van der Waals surface area (Å²) >= 11 is 0. The topological polar surface area (TPSA) is 73.8 Å². The molecular weight excluding hydrogens is 228 g/mol. The first-order valence-electron chi connectivity index (χ1n) is 6.75. The molecule has 2 N–H and O–H groups in total. The highest BCUT2D eigenvalue weighted by Gasteiger charge is 2.26. The molecule has 0 unspecified atom stereocenters. The lowest BCUT2D eigenvalue weighted by Crippen LogP contribution is -2.16. The molecule has 0 aromatic carbocycles. The Kier molecular flexibility index (Phi) is 3.99. The summed E-state index contributed by atoms with van der Waals surface area (Å²) in [7, 11) is 0. The van der Waals surface area contributed by atoms with Crippen LogP contribution in [-0.2, 0) is 24.2 Å². The Morgan fingerprint density at radius 1 is 1.50 bits per heavy atom. The summed E-state index contributed by atoms with van der Waals surface area (Å²) < 4.78 is 1.97. The van der Waals surface area contributed by atoms with Gasteiger partial charge in [0.1, 0.15) is 0 Å². The van der Waals surface area contributed by atoms with E-state index in [1.165, 1.54) is 12.8 Å². The van der Waals surface area contributed by atoms with E-state index in [4.69, 9.17) is 5.73 Å². The fourth-order valence-corrected chi connectivity index (χ4v) is 2.05. The molecule has 5 heteroatoms. The van der Waals surface area contributed by atoms with E-state index < -0.39 is 0 Å². The molecule has 1 saturated carbocycles. The van der Waals surface area contributed by atoms with Gasteiger partial charge in [-0.25, -0.2) is 4.68 Å². The van der Waals surface area contributed by atoms with Crippen LogP contribution in [0.1, 0.15) is 44.5 Å². The first-order valence-corrected chi connectivity index (χ1v) is 6.75. The van der Waals surface area contributed by atoms with Crippen LogP contribution in [0.15, 0.2) is 0 Å². The molecule has 0 spiro atoms. The molecule has 100 valence electrons. The van der Waals surface area contributed by atoms with Crippen LogP contribution in [0.2, 0.25) is 0 Å². The second-order valence-electron chi connectivity index (χ2n) is 5.68. The minimum absolute atomic E-state index is 0.212. The van der Waals surface area contributed by atoms with Crippen LogP contribution >= 0.6 is 0 Å². The standard InChI is InChI=1S/C13H22N4O/c1-9(2)5-6-17-12(7-10-3-4-10)11(15-16-17)8-13(14)18/h9-10H,3-8H2,1-2H3,(H2,14,18). The summed E-state index contributed by atoms with van der Waals surface area (Å²) in [5, 5.41) is 8.31. The van der Waals surface area contributed by atoms with Gasteiger partial charge in [0.05, 0.1) is 17.8 Å². The molecule has 0 saturated heterocycles. The highest BCUT2D eigenvalue weighted by atomic mass is 16.1. The van der Waals surface area contributed by atoms with Crippen LogP contribution in [0, 0.1) is 11.8 Å². The van der Waals surface area contributed by atoms with Crippen molar-refractivity contribution >= 4 is 5.91 Å². The summed E-state index contributed by atoms with van der Waals surface area (Å²) in [6, 6.07) is 0. The Labute approximate surface area is 108 Å². The lowest BCUT2D eigenvalue weighted by Gasteiger charge is -2.08. The molecule has 0 bridgehead atoms. The maximum Gasteiger partial charge on any atom is 0.223 e. The second-order valence-corrected chi connectivity index (χ2v) is 5.68. The number of aromatic nitrogens is 3. The van der Waals surface area contributed by atoms with Gasteiger partial charge in [-0.3, -0.25) is 4.79 Å². The molecule has 0 aliphatic heterocycles. The molecule has 2 rings (SSSR count). The van der Waals surface area contributed by atoms with Crippen molar-refractivity contribution in [2.45, 2.75) is 52.5 Å². The van der Waals surface area contributed by atoms with Crippen LogP contribution in [-0.4, -0.2) is 20.9 Å². The third kappa shape index (κ3) is 3.55. The van der Waals surface area contributed by atoms with Gasteiger partial charge in [0, 0.05) is 6.54 Å². The summed E-state index contributed by atoms with van der Waals surface area (Å²) in [6.07, 6.45) is 4.85. The maximum atomic E-state index is 11.0. The summed E-state index contributed by atoms with van der Waals surface area (Å²) in [5.41, 5.74) is 7.15. The molecule has 0 radical (unpaired) electrons. The molecular formula is C13H22N4O. The van der Waals surface area contributed by atoms with Crippen LogP contribution in [0.3, 0.4) is 0 Å². The van der Waals surface area contributed by atoms with E-state index in [9.17, 15) is 4.79 Å². The fraction of sp³-hybridized carbons (Fsp3) is 0.769. The first kappa shape index (κ1) is 13.1. The lowest BCUT2D eigenvalue weighted by molar-refractivity contribution is -0.117. The number of hydrogen-bond donors (Lipinski definition) is 1. The summed E-state index contributed by atoms with van der Waals surface area (Å²) in [4.78, 5) is 11.0. The number of nitrogens with two attached hydrogens (primary N) is 1. The third-order valence-electron chi connectivity index (χ3n) is 3.36. The van der Waals surface area contributed by atoms with E-state index >= 15 is 0 Å². The molecule has 1 aliphatic rings. The average molecular weight is 250 g/mol. The van der Waals surface area contributed by atoms with E-state index in [0.29, 0.717) is 5.92 Å². The summed E-state index contributed by atoms with van der Waals surface area (Å²) in [6.45, 7) is 5.27. The monoisotopic (exact) mass is 250 g/mol. The van der Waals surface area contributed by atoms with Crippen LogP contribution in [0.4, 0.5) is 0 Å². The molecule has 1 aromatic rings. The Bertz CT molecular complexity index is 421. The zero-order valence-electron chi connectivity index (χ0n) is 11.2.